The molecule has 0 spiro atoms. The first kappa shape index (κ1) is 16.0. The van der Waals surface area contributed by atoms with E-state index >= 15 is 0 Å². The quantitative estimate of drug-likeness (QED) is 0.836. The minimum atomic E-state index is -0.0559. The first-order valence-electron chi connectivity index (χ1n) is 8.05. The maximum Gasteiger partial charge on any atom is 0.228 e. The van der Waals surface area contributed by atoms with Gasteiger partial charge in [0, 0.05) is 19.6 Å². The molecule has 0 aliphatic carbocycles. The number of hydrogen-bond donors (Lipinski definition) is 2. The molecular weight excluding hydrogens is 260 g/mol. The van der Waals surface area contributed by atoms with Gasteiger partial charge in [-0.1, -0.05) is 52.3 Å². The minimum Gasteiger partial charge on any atom is -0.356 e. The Morgan fingerprint density at radius 2 is 2.14 bits per heavy atom. The third-order valence-corrected chi connectivity index (χ3v) is 4.19. The standard InChI is InChI=1S/C18H28N2O/c1-5-6-9-20-17(21)16-12-19-11-13-10-14(18(2,3)4)7-8-15(13)16/h7-8,10,16,19H,5-6,9,11-12H2,1-4H3,(H,20,21). The average Bonchev–Trinajstić information content (AvgIpc) is 2.45. The molecule has 0 aromatic heterocycles. The Bertz CT molecular complexity index is 502. The van der Waals surface area contributed by atoms with E-state index in [0.29, 0.717) is 0 Å². The number of fused-ring (bicyclic) bond motifs is 1. The minimum absolute atomic E-state index is 0.0559. The molecule has 1 aliphatic heterocycles. The van der Waals surface area contributed by atoms with Crippen LogP contribution in [0.5, 0.6) is 0 Å². The molecule has 0 radical (unpaired) electrons. The number of rotatable bonds is 4. The summed E-state index contributed by atoms with van der Waals surface area (Å²) in [5, 5.41) is 6.44. The molecule has 2 rings (SSSR count). The lowest BCUT2D eigenvalue weighted by atomic mass is 9.82. The van der Waals surface area contributed by atoms with Crippen LogP contribution in [0.25, 0.3) is 0 Å². The zero-order valence-electron chi connectivity index (χ0n) is 13.8. The summed E-state index contributed by atoms with van der Waals surface area (Å²) in [4.78, 5) is 12.4. The zero-order chi connectivity index (χ0) is 15.5. The monoisotopic (exact) mass is 288 g/mol. The molecule has 3 nitrogen and oxygen atoms in total. The number of amides is 1. The van der Waals surface area contributed by atoms with Crippen LogP contribution in [0.4, 0.5) is 0 Å². The van der Waals surface area contributed by atoms with Crippen LogP contribution in [-0.2, 0) is 16.8 Å². The van der Waals surface area contributed by atoms with Gasteiger partial charge >= 0.3 is 0 Å². The molecule has 21 heavy (non-hydrogen) atoms. The highest BCUT2D eigenvalue weighted by atomic mass is 16.1. The fraction of sp³-hybridized carbons (Fsp3) is 0.611. The van der Waals surface area contributed by atoms with Crippen LogP contribution < -0.4 is 10.6 Å². The normalized spacial score (nSPS) is 18.2. The molecule has 0 saturated carbocycles. The van der Waals surface area contributed by atoms with Gasteiger partial charge in [-0.15, -0.1) is 0 Å². The lowest BCUT2D eigenvalue weighted by molar-refractivity contribution is -0.122. The van der Waals surface area contributed by atoms with Crippen molar-refractivity contribution < 1.29 is 4.79 Å². The van der Waals surface area contributed by atoms with E-state index in [1.807, 2.05) is 0 Å². The van der Waals surface area contributed by atoms with Crippen LogP contribution in [-0.4, -0.2) is 19.0 Å². The Morgan fingerprint density at radius 3 is 2.81 bits per heavy atom. The van der Waals surface area contributed by atoms with Gasteiger partial charge in [0.05, 0.1) is 5.92 Å². The molecular formula is C18H28N2O. The first-order chi connectivity index (χ1) is 9.93. The van der Waals surface area contributed by atoms with Gasteiger partial charge in [0.2, 0.25) is 5.91 Å². The molecule has 1 aliphatic rings. The van der Waals surface area contributed by atoms with Gasteiger partial charge in [0.25, 0.3) is 0 Å². The second kappa shape index (κ2) is 6.61. The molecule has 1 unspecified atom stereocenters. The number of unbranched alkanes of at least 4 members (excludes halogenated alkanes) is 1. The SMILES string of the molecule is CCCCNC(=O)C1CNCc2cc(C(C)(C)C)ccc21. The van der Waals surface area contributed by atoms with Gasteiger partial charge in [0.15, 0.2) is 0 Å². The van der Waals surface area contributed by atoms with Crippen LogP contribution in [0, 0.1) is 0 Å². The van der Waals surface area contributed by atoms with E-state index in [1.54, 1.807) is 0 Å². The van der Waals surface area contributed by atoms with Crippen molar-refractivity contribution in [1.29, 1.82) is 0 Å². The summed E-state index contributed by atoms with van der Waals surface area (Å²) >= 11 is 0. The van der Waals surface area contributed by atoms with E-state index in [1.165, 1.54) is 16.7 Å². The smallest absolute Gasteiger partial charge is 0.228 e. The molecule has 1 aromatic rings. The zero-order valence-corrected chi connectivity index (χ0v) is 13.8. The Balaban J connectivity index is 2.18. The fourth-order valence-electron chi connectivity index (χ4n) is 2.77. The number of hydrogen-bond acceptors (Lipinski definition) is 2. The summed E-state index contributed by atoms with van der Waals surface area (Å²) in [5.41, 5.74) is 3.93. The molecule has 0 bridgehead atoms. The summed E-state index contributed by atoms with van der Waals surface area (Å²) in [6.07, 6.45) is 2.15. The highest BCUT2D eigenvalue weighted by Gasteiger charge is 2.27. The first-order valence-corrected chi connectivity index (χ1v) is 8.05. The van der Waals surface area contributed by atoms with Gasteiger partial charge < -0.3 is 10.6 Å². The fourth-order valence-corrected chi connectivity index (χ4v) is 2.77. The molecule has 1 heterocycles. The van der Waals surface area contributed by atoms with Crippen molar-refractivity contribution in [3.05, 3.63) is 34.9 Å². The van der Waals surface area contributed by atoms with Crippen LogP contribution in [0.15, 0.2) is 18.2 Å². The van der Waals surface area contributed by atoms with E-state index < -0.39 is 0 Å². The van der Waals surface area contributed by atoms with Crippen molar-refractivity contribution in [2.75, 3.05) is 13.1 Å². The molecule has 0 saturated heterocycles. The highest BCUT2D eigenvalue weighted by Crippen LogP contribution is 2.30. The van der Waals surface area contributed by atoms with E-state index in [2.05, 4.69) is 56.5 Å². The Labute approximate surface area is 128 Å². The average molecular weight is 288 g/mol. The van der Waals surface area contributed by atoms with Crippen molar-refractivity contribution in [1.82, 2.24) is 10.6 Å². The molecule has 0 fully saturated rings. The van der Waals surface area contributed by atoms with E-state index in [0.717, 1.165) is 32.5 Å². The molecule has 2 N–H and O–H groups in total. The predicted molar refractivity (Wildman–Crippen MR) is 87.5 cm³/mol. The second-order valence-corrected chi connectivity index (χ2v) is 6.99. The van der Waals surface area contributed by atoms with Crippen LogP contribution in [0.2, 0.25) is 0 Å². The maximum absolute atomic E-state index is 12.4. The van der Waals surface area contributed by atoms with Gasteiger partial charge in [0.1, 0.15) is 0 Å². The number of carbonyl (C=O) groups excluding carboxylic acids is 1. The lowest BCUT2D eigenvalue weighted by Gasteiger charge is -2.28. The largest absolute Gasteiger partial charge is 0.356 e. The van der Waals surface area contributed by atoms with Gasteiger partial charge in [-0.05, 0) is 28.5 Å². The molecule has 1 atom stereocenters. The Hall–Kier alpha value is -1.35. The van der Waals surface area contributed by atoms with Crippen LogP contribution >= 0.6 is 0 Å². The van der Waals surface area contributed by atoms with Crippen molar-refractivity contribution in [3.8, 4) is 0 Å². The summed E-state index contributed by atoms with van der Waals surface area (Å²) in [6.45, 7) is 11.2. The predicted octanol–water partition coefficient (Wildman–Crippen LogP) is 3.09. The van der Waals surface area contributed by atoms with E-state index in [9.17, 15) is 4.79 Å². The van der Waals surface area contributed by atoms with Gasteiger partial charge in [-0.25, -0.2) is 0 Å². The van der Waals surface area contributed by atoms with Crippen molar-refractivity contribution >= 4 is 5.91 Å². The molecule has 3 heteroatoms. The van der Waals surface area contributed by atoms with Crippen molar-refractivity contribution in [2.45, 2.75) is 58.4 Å². The Kier molecular flexibility index (Phi) is 5.04. The molecule has 1 amide bonds. The van der Waals surface area contributed by atoms with Gasteiger partial charge in [-0.2, -0.15) is 0 Å². The molecule has 116 valence electrons. The second-order valence-electron chi connectivity index (χ2n) is 6.99. The number of benzene rings is 1. The van der Waals surface area contributed by atoms with E-state index in [-0.39, 0.29) is 17.2 Å². The van der Waals surface area contributed by atoms with Crippen molar-refractivity contribution in [2.24, 2.45) is 0 Å². The Morgan fingerprint density at radius 1 is 1.38 bits per heavy atom. The highest BCUT2D eigenvalue weighted by molar-refractivity contribution is 5.84. The summed E-state index contributed by atoms with van der Waals surface area (Å²) in [5.74, 6) is 0.0973. The summed E-state index contributed by atoms with van der Waals surface area (Å²) in [6, 6.07) is 6.59. The van der Waals surface area contributed by atoms with Crippen LogP contribution in [0.3, 0.4) is 0 Å². The van der Waals surface area contributed by atoms with E-state index in [4.69, 9.17) is 0 Å². The third-order valence-electron chi connectivity index (χ3n) is 4.19. The number of carbonyl (C=O) groups is 1. The van der Waals surface area contributed by atoms with Crippen molar-refractivity contribution in [3.63, 3.8) is 0 Å². The molecule has 1 aromatic carbocycles. The lowest BCUT2D eigenvalue weighted by Crippen LogP contribution is -2.39. The third kappa shape index (κ3) is 3.85. The summed E-state index contributed by atoms with van der Waals surface area (Å²) < 4.78 is 0. The number of nitrogens with one attached hydrogen (secondary N) is 2. The summed E-state index contributed by atoms with van der Waals surface area (Å²) in [7, 11) is 0. The van der Waals surface area contributed by atoms with Crippen LogP contribution in [0.1, 0.15) is 63.1 Å². The topological polar surface area (TPSA) is 41.1 Å². The van der Waals surface area contributed by atoms with Gasteiger partial charge in [-0.3, -0.25) is 4.79 Å². The maximum atomic E-state index is 12.4.